The molecule has 4 rings (SSSR count). The van der Waals surface area contributed by atoms with E-state index >= 15 is 0 Å². The van der Waals surface area contributed by atoms with Crippen molar-refractivity contribution in [1.29, 1.82) is 0 Å². The monoisotopic (exact) mass is 405 g/mol. The first-order chi connectivity index (χ1) is 13.5. The van der Waals surface area contributed by atoms with Crippen LogP contribution < -0.4 is 0 Å². The summed E-state index contributed by atoms with van der Waals surface area (Å²) in [6.07, 6.45) is 3.84. The summed E-state index contributed by atoms with van der Waals surface area (Å²) in [7, 11) is 0. The summed E-state index contributed by atoms with van der Waals surface area (Å²) in [4.78, 5) is 18.1. The smallest absolute Gasteiger partial charge is 0.178 e. The molecule has 1 aliphatic rings. The van der Waals surface area contributed by atoms with Gasteiger partial charge in [0, 0.05) is 21.2 Å². The van der Waals surface area contributed by atoms with Crippen molar-refractivity contribution in [3.8, 4) is 0 Å². The molecule has 0 aliphatic carbocycles. The van der Waals surface area contributed by atoms with E-state index in [0.717, 1.165) is 5.56 Å². The fraction of sp³-hybridized carbons (Fsp3) is 0.0833. The Bertz CT molecular complexity index is 1110. The Morgan fingerprint density at radius 2 is 1.61 bits per heavy atom. The zero-order valence-electron chi connectivity index (χ0n) is 15.2. The maximum Gasteiger partial charge on any atom is 0.178 e. The van der Waals surface area contributed by atoms with Crippen LogP contribution in [0.3, 0.4) is 0 Å². The van der Waals surface area contributed by atoms with Gasteiger partial charge in [0.15, 0.2) is 5.78 Å². The van der Waals surface area contributed by atoms with Gasteiger partial charge in [-0.25, -0.2) is 0 Å². The average Bonchev–Trinajstić information content (AvgIpc) is 2.68. The van der Waals surface area contributed by atoms with Crippen molar-refractivity contribution in [2.45, 2.75) is 12.8 Å². The first-order valence-electron chi connectivity index (χ1n) is 8.95. The van der Waals surface area contributed by atoms with Gasteiger partial charge in [0.1, 0.15) is 0 Å². The molecule has 1 heterocycles. The number of hydrogen-bond acceptors (Lipinski definition) is 2. The number of nitrogens with zero attached hydrogens (tertiary/aromatic N) is 1. The predicted molar refractivity (Wildman–Crippen MR) is 117 cm³/mol. The Morgan fingerprint density at radius 3 is 2.36 bits per heavy atom. The minimum absolute atomic E-state index is 0.0514. The van der Waals surface area contributed by atoms with Crippen LogP contribution in [0.1, 0.15) is 33.0 Å². The Balaban J connectivity index is 1.86. The van der Waals surface area contributed by atoms with Crippen molar-refractivity contribution in [3.05, 3.63) is 105 Å². The molecule has 0 N–H and O–H groups in total. The van der Waals surface area contributed by atoms with Crippen LogP contribution in [0.15, 0.2) is 77.8 Å². The third kappa shape index (κ3) is 3.54. The largest absolute Gasteiger partial charge is 0.293 e. The molecule has 0 radical (unpaired) electrons. The second-order valence-corrected chi connectivity index (χ2v) is 7.55. The average molecular weight is 406 g/mol. The number of Topliss-reactive ketones (excluding diaryl/α,β-unsaturated/α-hetero) is 1. The molecule has 4 heteroatoms. The number of hydrogen-bond donors (Lipinski definition) is 0. The van der Waals surface area contributed by atoms with E-state index in [-0.39, 0.29) is 5.78 Å². The van der Waals surface area contributed by atoms with Gasteiger partial charge < -0.3 is 0 Å². The number of halogens is 2. The van der Waals surface area contributed by atoms with Crippen LogP contribution in [0, 0.1) is 6.92 Å². The zero-order chi connectivity index (χ0) is 19.7. The standard InChI is InChI=1S/C24H17Cl2NO/c1-15-6-4-7-16(14-15)12-13-21-23(22-18(25)9-5-10-19(22)26)24(28)17-8-2-3-11-20(17)27-21/h2-14,23H,1H3/b13-12+. The molecule has 2 nitrogen and oxygen atoms in total. The third-order valence-corrected chi connectivity index (χ3v) is 5.41. The summed E-state index contributed by atoms with van der Waals surface area (Å²) in [6, 6.07) is 20.8. The highest BCUT2D eigenvalue weighted by atomic mass is 35.5. The number of fused-ring (bicyclic) bond motifs is 1. The molecule has 0 aromatic heterocycles. The lowest BCUT2D eigenvalue weighted by molar-refractivity contribution is 0.0982. The molecule has 0 amide bonds. The Morgan fingerprint density at radius 1 is 0.893 bits per heavy atom. The summed E-state index contributed by atoms with van der Waals surface area (Å²) in [6.45, 7) is 2.04. The molecule has 1 aliphatic heterocycles. The van der Waals surface area contributed by atoms with E-state index in [4.69, 9.17) is 28.2 Å². The lowest BCUT2D eigenvalue weighted by atomic mass is 9.83. The van der Waals surface area contributed by atoms with Gasteiger partial charge in [0.05, 0.1) is 17.3 Å². The molecule has 1 unspecified atom stereocenters. The normalized spacial score (nSPS) is 16.2. The second-order valence-electron chi connectivity index (χ2n) is 6.73. The van der Waals surface area contributed by atoms with Crippen LogP contribution >= 0.6 is 23.2 Å². The van der Waals surface area contributed by atoms with Gasteiger partial charge in [-0.1, -0.05) is 77.3 Å². The minimum Gasteiger partial charge on any atom is -0.293 e. The molecule has 0 spiro atoms. The molecular weight excluding hydrogens is 389 g/mol. The predicted octanol–water partition coefficient (Wildman–Crippen LogP) is 7.07. The van der Waals surface area contributed by atoms with Gasteiger partial charge in [-0.15, -0.1) is 0 Å². The lowest BCUT2D eigenvalue weighted by Gasteiger charge is -2.24. The van der Waals surface area contributed by atoms with Crippen LogP contribution in [0.5, 0.6) is 0 Å². The summed E-state index contributed by atoms with van der Waals surface area (Å²) in [5.41, 5.74) is 4.67. The van der Waals surface area contributed by atoms with E-state index in [0.29, 0.717) is 32.6 Å². The summed E-state index contributed by atoms with van der Waals surface area (Å²) < 4.78 is 0. The SMILES string of the molecule is Cc1cccc(/C=C/C2=Nc3ccccc3C(=O)C2c2c(Cl)cccc2Cl)c1. The molecule has 0 fully saturated rings. The number of rotatable bonds is 3. The van der Waals surface area contributed by atoms with Gasteiger partial charge >= 0.3 is 0 Å². The van der Waals surface area contributed by atoms with Crippen LogP contribution in [0.4, 0.5) is 5.69 Å². The molecule has 3 aromatic rings. The number of allylic oxidation sites excluding steroid dienone is 1. The van der Waals surface area contributed by atoms with Gasteiger partial charge in [-0.3, -0.25) is 9.79 Å². The van der Waals surface area contributed by atoms with Gasteiger partial charge in [-0.2, -0.15) is 0 Å². The number of benzene rings is 3. The minimum atomic E-state index is -0.642. The van der Waals surface area contributed by atoms with Crippen molar-refractivity contribution < 1.29 is 4.79 Å². The first-order valence-corrected chi connectivity index (χ1v) is 9.70. The van der Waals surface area contributed by atoms with E-state index in [1.165, 1.54) is 5.56 Å². The van der Waals surface area contributed by atoms with Crippen molar-refractivity contribution in [3.63, 3.8) is 0 Å². The van der Waals surface area contributed by atoms with Crippen LogP contribution in [-0.4, -0.2) is 11.5 Å². The van der Waals surface area contributed by atoms with E-state index in [9.17, 15) is 4.79 Å². The molecule has 3 aromatic carbocycles. The van der Waals surface area contributed by atoms with Crippen LogP contribution in [-0.2, 0) is 0 Å². The van der Waals surface area contributed by atoms with Crippen LogP contribution in [0.2, 0.25) is 10.0 Å². The maximum absolute atomic E-state index is 13.4. The fourth-order valence-corrected chi connectivity index (χ4v) is 4.04. The highest BCUT2D eigenvalue weighted by molar-refractivity contribution is 6.38. The van der Waals surface area contributed by atoms with Gasteiger partial charge in [-0.05, 0) is 42.8 Å². The maximum atomic E-state index is 13.4. The second kappa shape index (κ2) is 7.75. The molecule has 28 heavy (non-hydrogen) atoms. The Labute approximate surface area is 174 Å². The number of aliphatic imine (C=N–C) groups is 1. The number of para-hydroxylation sites is 1. The third-order valence-electron chi connectivity index (χ3n) is 4.75. The van der Waals surface area contributed by atoms with E-state index in [2.05, 4.69) is 6.07 Å². The molecule has 0 bridgehead atoms. The molecule has 138 valence electrons. The fourth-order valence-electron chi connectivity index (χ4n) is 3.43. The van der Waals surface area contributed by atoms with Gasteiger partial charge in [0.2, 0.25) is 0 Å². The molecule has 0 saturated heterocycles. The van der Waals surface area contributed by atoms with E-state index in [1.54, 1.807) is 24.3 Å². The quantitative estimate of drug-likeness (QED) is 0.458. The van der Waals surface area contributed by atoms with E-state index < -0.39 is 5.92 Å². The number of ketones is 1. The van der Waals surface area contributed by atoms with Crippen molar-refractivity contribution in [1.82, 2.24) is 0 Å². The molecule has 0 saturated carbocycles. The zero-order valence-corrected chi connectivity index (χ0v) is 16.7. The van der Waals surface area contributed by atoms with Gasteiger partial charge in [0.25, 0.3) is 0 Å². The first kappa shape index (κ1) is 18.7. The van der Waals surface area contributed by atoms with Crippen molar-refractivity contribution in [2.24, 2.45) is 4.99 Å². The molecular formula is C24H17Cl2NO. The van der Waals surface area contributed by atoms with E-state index in [1.807, 2.05) is 55.5 Å². The highest BCUT2D eigenvalue weighted by Gasteiger charge is 2.34. The van der Waals surface area contributed by atoms with Crippen molar-refractivity contribution >= 4 is 46.5 Å². The molecule has 1 atom stereocenters. The lowest BCUT2D eigenvalue weighted by Crippen LogP contribution is -2.25. The summed E-state index contributed by atoms with van der Waals surface area (Å²) >= 11 is 12.9. The van der Waals surface area contributed by atoms with Crippen LogP contribution in [0.25, 0.3) is 6.08 Å². The topological polar surface area (TPSA) is 29.4 Å². The Hall–Kier alpha value is -2.68. The number of carbonyl (C=O) groups is 1. The summed E-state index contributed by atoms with van der Waals surface area (Å²) in [5.74, 6) is -0.693. The number of aryl methyl sites for hydroxylation is 1. The van der Waals surface area contributed by atoms with Crippen molar-refractivity contribution in [2.75, 3.05) is 0 Å². The number of carbonyl (C=O) groups excluding carboxylic acids is 1. The Kier molecular flexibility index (Phi) is 5.17. The summed E-state index contributed by atoms with van der Waals surface area (Å²) in [5, 5.41) is 0.920. The highest BCUT2D eigenvalue weighted by Crippen LogP contribution is 2.40.